The summed E-state index contributed by atoms with van der Waals surface area (Å²) in [5.74, 6) is 1.02. The largest absolute Gasteiger partial charge is 0.332 e. The Kier molecular flexibility index (Phi) is 1.22. The van der Waals surface area contributed by atoms with E-state index in [4.69, 9.17) is 0 Å². The lowest BCUT2D eigenvalue weighted by Gasteiger charge is -2.16. The van der Waals surface area contributed by atoms with E-state index in [0.29, 0.717) is 13.0 Å². The first-order valence-corrected chi connectivity index (χ1v) is 3.50. The van der Waals surface area contributed by atoms with Crippen LogP contribution in [0.15, 0.2) is 12.4 Å². The normalized spacial score (nSPS) is 24.3. The standard InChI is InChI=1S/C7H9FN2/c8-6-1-2-7-9-3-4-10(7)5-6/h3-4,6H,1-2,5H2/t6-/m0/s1. The van der Waals surface area contributed by atoms with Gasteiger partial charge < -0.3 is 4.57 Å². The third-order valence-corrected chi connectivity index (χ3v) is 1.88. The highest BCUT2D eigenvalue weighted by Gasteiger charge is 2.16. The van der Waals surface area contributed by atoms with Crippen LogP contribution in [0, 0.1) is 0 Å². The average molecular weight is 140 g/mol. The van der Waals surface area contributed by atoms with Gasteiger partial charge in [-0.2, -0.15) is 0 Å². The first-order valence-electron chi connectivity index (χ1n) is 3.50. The number of hydrogen-bond acceptors (Lipinski definition) is 1. The molecule has 1 aliphatic rings. The zero-order valence-electron chi connectivity index (χ0n) is 5.63. The molecule has 0 aromatic carbocycles. The lowest BCUT2D eigenvalue weighted by atomic mass is 10.1. The number of hydrogen-bond donors (Lipinski definition) is 0. The number of rotatable bonds is 0. The molecule has 0 unspecified atom stereocenters. The summed E-state index contributed by atoms with van der Waals surface area (Å²) >= 11 is 0. The van der Waals surface area contributed by atoms with Crippen LogP contribution in [0.25, 0.3) is 0 Å². The van der Waals surface area contributed by atoms with Crippen LogP contribution in [-0.2, 0) is 13.0 Å². The van der Waals surface area contributed by atoms with Crippen molar-refractivity contribution in [3.8, 4) is 0 Å². The molecule has 3 heteroatoms. The molecule has 0 spiro atoms. The highest BCUT2D eigenvalue weighted by Crippen LogP contribution is 2.14. The van der Waals surface area contributed by atoms with Crippen LogP contribution in [-0.4, -0.2) is 15.7 Å². The minimum Gasteiger partial charge on any atom is -0.332 e. The number of aryl methyl sites for hydroxylation is 1. The van der Waals surface area contributed by atoms with Gasteiger partial charge in [0.25, 0.3) is 0 Å². The number of imidazole rings is 1. The van der Waals surface area contributed by atoms with E-state index >= 15 is 0 Å². The molecule has 0 fully saturated rings. The van der Waals surface area contributed by atoms with Crippen LogP contribution >= 0.6 is 0 Å². The molecule has 1 aromatic rings. The van der Waals surface area contributed by atoms with E-state index in [9.17, 15) is 4.39 Å². The second kappa shape index (κ2) is 2.08. The van der Waals surface area contributed by atoms with Gasteiger partial charge in [0.2, 0.25) is 0 Å². The molecule has 0 saturated carbocycles. The molecule has 1 aliphatic heterocycles. The van der Waals surface area contributed by atoms with E-state index in [1.807, 2.05) is 10.8 Å². The molecule has 2 nitrogen and oxygen atoms in total. The van der Waals surface area contributed by atoms with Crippen LogP contribution in [0.3, 0.4) is 0 Å². The summed E-state index contributed by atoms with van der Waals surface area (Å²) in [5, 5.41) is 0. The Balaban J connectivity index is 2.30. The Labute approximate surface area is 58.7 Å². The maximum Gasteiger partial charge on any atom is 0.118 e. The average Bonchev–Trinajstić information content (AvgIpc) is 2.33. The minimum absolute atomic E-state index is 0.495. The van der Waals surface area contributed by atoms with Crippen molar-refractivity contribution in [3.63, 3.8) is 0 Å². The molecule has 10 heavy (non-hydrogen) atoms. The molecule has 0 N–H and O–H groups in total. The van der Waals surface area contributed by atoms with Crippen molar-refractivity contribution in [1.82, 2.24) is 9.55 Å². The van der Waals surface area contributed by atoms with Crippen molar-refractivity contribution < 1.29 is 4.39 Å². The Bertz CT molecular complexity index is 231. The first-order chi connectivity index (χ1) is 4.86. The molecular weight excluding hydrogens is 131 g/mol. The molecule has 0 bridgehead atoms. The van der Waals surface area contributed by atoms with Gasteiger partial charge in [0.15, 0.2) is 0 Å². The van der Waals surface area contributed by atoms with Crippen molar-refractivity contribution in [3.05, 3.63) is 18.2 Å². The summed E-state index contributed by atoms with van der Waals surface area (Å²) in [4.78, 5) is 4.09. The molecular formula is C7H9FN2. The van der Waals surface area contributed by atoms with Crippen LogP contribution in [0.4, 0.5) is 4.39 Å². The van der Waals surface area contributed by atoms with E-state index in [0.717, 1.165) is 12.2 Å². The second-order valence-corrected chi connectivity index (χ2v) is 2.63. The molecule has 0 amide bonds. The van der Waals surface area contributed by atoms with E-state index in [-0.39, 0.29) is 0 Å². The van der Waals surface area contributed by atoms with Gasteiger partial charge in [0, 0.05) is 18.8 Å². The summed E-state index contributed by atoms with van der Waals surface area (Å²) in [5.41, 5.74) is 0. The van der Waals surface area contributed by atoms with Crippen LogP contribution in [0.1, 0.15) is 12.2 Å². The summed E-state index contributed by atoms with van der Waals surface area (Å²) in [6.07, 6.45) is 4.32. The van der Waals surface area contributed by atoms with Crippen molar-refractivity contribution in [1.29, 1.82) is 0 Å². The van der Waals surface area contributed by atoms with Crippen molar-refractivity contribution in [2.24, 2.45) is 0 Å². The van der Waals surface area contributed by atoms with E-state index < -0.39 is 6.17 Å². The maximum absolute atomic E-state index is 12.7. The highest BCUT2D eigenvalue weighted by atomic mass is 19.1. The molecule has 0 radical (unpaired) electrons. The van der Waals surface area contributed by atoms with Crippen LogP contribution in [0.2, 0.25) is 0 Å². The van der Waals surface area contributed by atoms with Crippen LogP contribution < -0.4 is 0 Å². The van der Waals surface area contributed by atoms with E-state index in [1.54, 1.807) is 6.20 Å². The Morgan fingerprint density at radius 3 is 3.50 bits per heavy atom. The maximum atomic E-state index is 12.7. The fourth-order valence-electron chi connectivity index (χ4n) is 1.32. The predicted octanol–water partition coefficient (Wildman–Crippen LogP) is 1.17. The van der Waals surface area contributed by atoms with Gasteiger partial charge in [0.1, 0.15) is 12.0 Å². The zero-order chi connectivity index (χ0) is 6.97. The minimum atomic E-state index is -0.665. The van der Waals surface area contributed by atoms with Gasteiger partial charge in [0.05, 0.1) is 6.54 Å². The number of fused-ring (bicyclic) bond motifs is 1. The van der Waals surface area contributed by atoms with Crippen molar-refractivity contribution >= 4 is 0 Å². The van der Waals surface area contributed by atoms with Gasteiger partial charge >= 0.3 is 0 Å². The Morgan fingerprint density at radius 2 is 2.60 bits per heavy atom. The zero-order valence-corrected chi connectivity index (χ0v) is 5.63. The quantitative estimate of drug-likeness (QED) is 0.529. The van der Waals surface area contributed by atoms with E-state index in [1.165, 1.54) is 0 Å². The van der Waals surface area contributed by atoms with E-state index in [2.05, 4.69) is 4.98 Å². The molecule has 2 heterocycles. The molecule has 0 aliphatic carbocycles. The predicted molar refractivity (Wildman–Crippen MR) is 35.4 cm³/mol. The third kappa shape index (κ3) is 0.818. The van der Waals surface area contributed by atoms with Gasteiger partial charge in [-0.3, -0.25) is 0 Å². The first kappa shape index (κ1) is 5.89. The smallest absolute Gasteiger partial charge is 0.118 e. The summed E-state index contributed by atoms with van der Waals surface area (Å²) in [6.45, 7) is 0.495. The monoisotopic (exact) mass is 140 g/mol. The fourth-order valence-corrected chi connectivity index (χ4v) is 1.32. The molecule has 54 valence electrons. The third-order valence-electron chi connectivity index (χ3n) is 1.88. The van der Waals surface area contributed by atoms with Gasteiger partial charge in [-0.05, 0) is 6.42 Å². The second-order valence-electron chi connectivity index (χ2n) is 2.63. The topological polar surface area (TPSA) is 17.8 Å². The SMILES string of the molecule is F[C@H]1CCc2nccn2C1. The number of alkyl halides is 1. The number of halogens is 1. The highest BCUT2D eigenvalue weighted by molar-refractivity contribution is 4.96. The molecule has 1 atom stereocenters. The summed E-state index contributed by atoms with van der Waals surface area (Å²) in [6, 6.07) is 0. The fraction of sp³-hybridized carbons (Fsp3) is 0.571. The van der Waals surface area contributed by atoms with Crippen LogP contribution in [0.5, 0.6) is 0 Å². The lowest BCUT2D eigenvalue weighted by molar-refractivity contribution is 0.253. The Hall–Kier alpha value is -0.860. The summed E-state index contributed by atoms with van der Waals surface area (Å²) < 4.78 is 14.6. The van der Waals surface area contributed by atoms with Gasteiger partial charge in [-0.1, -0.05) is 0 Å². The number of aromatic nitrogens is 2. The summed E-state index contributed by atoms with van der Waals surface area (Å²) in [7, 11) is 0. The van der Waals surface area contributed by atoms with Crippen molar-refractivity contribution in [2.45, 2.75) is 25.6 Å². The van der Waals surface area contributed by atoms with Gasteiger partial charge in [-0.25, -0.2) is 9.37 Å². The molecule has 0 saturated heterocycles. The molecule has 1 aromatic heterocycles. The molecule has 2 rings (SSSR count). The lowest BCUT2D eigenvalue weighted by Crippen LogP contribution is -2.20. The van der Waals surface area contributed by atoms with Gasteiger partial charge in [-0.15, -0.1) is 0 Å². The Morgan fingerprint density at radius 1 is 1.70 bits per heavy atom. The van der Waals surface area contributed by atoms with Crippen molar-refractivity contribution in [2.75, 3.05) is 0 Å². The number of nitrogens with zero attached hydrogens (tertiary/aromatic N) is 2.